The Morgan fingerprint density at radius 1 is 0.721 bits per heavy atom. The molecule has 0 bridgehead atoms. The van der Waals surface area contributed by atoms with Crippen molar-refractivity contribution in [3.63, 3.8) is 0 Å². The van der Waals surface area contributed by atoms with Crippen LogP contribution in [0.3, 0.4) is 0 Å². The van der Waals surface area contributed by atoms with Crippen LogP contribution in [-0.2, 0) is 28.6 Å². The molecule has 0 spiro atoms. The van der Waals surface area contributed by atoms with Gasteiger partial charge in [-0.3, -0.25) is 14.4 Å². The van der Waals surface area contributed by atoms with E-state index in [-0.39, 0.29) is 19.2 Å². The highest BCUT2D eigenvalue weighted by atomic mass is 16.6. The Morgan fingerprint density at radius 2 is 1.33 bits per heavy atom. The zero-order valence-corrected chi connectivity index (χ0v) is 27.9. The molecule has 0 aromatic rings. The van der Waals surface area contributed by atoms with Crippen molar-refractivity contribution >= 4 is 17.9 Å². The van der Waals surface area contributed by atoms with Crippen molar-refractivity contribution < 1.29 is 28.6 Å². The summed E-state index contributed by atoms with van der Waals surface area (Å²) in [4.78, 5) is 35.5. The summed E-state index contributed by atoms with van der Waals surface area (Å²) in [6.07, 6.45) is 25.7. The molecular weight excluding hydrogens is 540 g/mol. The van der Waals surface area contributed by atoms with E-state index >= 15 is 0 Å². The Labute approximate surface area is 262 Å². The van der Waals surface area contributed by atoms with E-state index in [2.05, 4.69) is 30.9 Å². The minimum Gasteiger partial charge on any atom is -0.461 e. The molecule has 6 nitrogen and oxygen atoms in total. The average molecular weight is 599 g/mol. The highest BCUT2D eigenvalue weighted by Crippen LogP contribution is 2.16. The zero-order chi connectivity index (χ0) is 32.1. The first-order valence-electron chi connectivity index (χ1n) is 16.3. The standard InChI is InChI=1S/C37H58O6/c1-7-8-9-10-11-12-13-14-15-16-17-18-19-20-21-25-37(40)41-29-28-35(30-42-33(5)38)36(43-34(6)39)27-26-32(4)24-22-23-31(2)3/h14-15,23,26,28,36H,7-13,16-21,25,27,29-30H2,1-6H3/b15-14+,32-26+,35-28-. The summed E-state index contributed by atoms with van der Waals surface area (Å²) >= 11 is 0. The molecule has 0 aromatic carbocycles. The fraction of sp³-hybridized carbons (Fsp3) is 0.649. The number of allylic oxidation sites excluding steroid dienone is 5. The topological polar surface area (TPSA) is 78.9 Å². The summed E-state index contributed by atoms with van der Waals surface area (Å²) < 4.78 is 16.1. The number of esters is 3. The van der Waals surface area contributed by atoms with Crippen LogP contribution in [0.1, 0.15) is 138 Å². The van der Waals surface area contributed by atoms with E-state index < -0.39 is 18.0 Å². The highest BCUT2D eigenvalue weighted by molar-refractivity contribution is 5.69. The van der Waals surface area contributed by atoms with E-state index in [4.69, 9.17) is 14.2 Å². The minimum absolute atomic E-state index is 0.0152. The summed E-state index contributed by atoms with van der Waals surface area (Å²) in [6, 6.07) is 0. The fourth-order valence-corrected chi connectivity index (χ4v) is 4.23. The Balaban J connectivity index is 4.55. The SMILES string of the molecule is CCCCCCCC/C=C/CCCCCCCC(=O)OC/C=C(/COC(C)=O)C(C/C=C(\C)C#CC=C(C)C)OC(C)=O. The Kier molecular flexibility index (Phi) is 25.8. The molecule has 6 heteroatoms. The van der Waals surface area contributed by atoms with Gasteiger partial charge < -0.3 is 14.2 Å². The third-order valence-corrected chi connectivity index (χ3v) is 6.66. The van der Waals surface area contributed by atoms with Crippen molar-refractivity contribution in [2.24, 2.45) is 0 Å². The molecule has 0 aliphatic heterocycles. The number of rotatable bonds is 23. The zero-order valence-electron chi connectivity index (χ0n) is 27.9. The smallest absolute Gasteiger partial charge is 0.306 e. The number of carbonyl (C=O) groups is 3. The molecule has 0 rings (SSSR count). The van der Waals surface area contributed by atoms with Crippen LogP contribution >= 0.6 is 0 Å². The lowest BCUT2D eigenvalue weighted by atomic mass is 10.1. The first kappa shape index (κ1) is 39.9. The van der Waals surface area contributed by atoms with Crippen LogP contribution in [0.15, 0.2) is 47.1 Å². The number of ether oxygens (including phenoxy) is 3. The minimum atomic E-state index is -0.666. The Bertz CT molecular complexity index is 969. The highest BCUT2D eigenvalue weighted by Gasteiger charge is 2.18. The van der Waals surface area contributed by atoms with Gasteiger partial charge in [-0.25, -0.2) is 0 Å². The van der Waals surface area contributed by atoms with Crippen LogP contribution in [0.4, 0.5) is 0 Å². The van der Waals surface area contributed by atoms with Gasteiger partial charge in [-0.2, -0.15) is 0 Å². The molecule has 0 amide bonds. The lowest BCUT2D eigenvalue weighted by Crippen LogP contribution is -2.23. The van der Waals surface area contributed by atoms with Crippen molar-refractivity contribution in [1.29, 1.82) is 0 Å². The summed E-state index contributed by atoms with van der Waals surface area (Å²) in [5, 5.41) is 0. The molecule has 0 fully saturated rings. The molecule has 0 heterocycles. The van der Waals surface area contributed by atoms with E-state index in [1.165, 1.54) is 71.6 Å². The van der Waals surface area contributed by atoms with Gasteiger partial charge in [0.25, 0.3) is 0 Å². The number of carbonyl (C=O) groups excluding carboxylic acids is 3. The maximum atomic E-state index is 12.3. The van der Waals surface area contributed by atoms with E-state index in [1.807, 2.05) is 32.9 Å². The monoisotopic (exact) mass is 598 g/mol. The average Bonchev–Trinajstić information content (AvgIpc) is 2.94. The van der Waals surface area contributed by atoms with Gasteiger partial charge in [-0.1, -0.05) is 93.9 Å². The molecule has 242 valence electrons. The van der Waals surface area contributed by atoms with Crippen LogP contribution in [0, 0.1) is 11.8 Å². The molecule has 0 saturated carbocycles. The summed E-state index contributed by atoms with van der Waals surface area (Å²) in [7, 11) is 0. The maximum absolute atomic E-state index is 12.3. The molecule has 0 aliphatic rings. The normalized spacial score (nSPS) is 12.3. The van der Waals surface area contributed by atoms with Gasteiger partial charge in [0, 0.05) is 32.3 Å². The quantitative estimate of drug-likeness (QED) is 0.0383. The van der Waals surface area contributed by atoms with E-state index in [1.54, 1.807) is 6.08 Å². The third kappa shape index (κ3) is 27.5. The van der Waals surface area contributed by atoms with Crippen LogP contribution in [0.25, 0.3) is 0 Å². The van der Waals surface area contributed by atoms with Gasteiger partial charge in [0.1, 0.15) is 19.3 Å². The fourth-order valence-electron chi connectivity index (χ4n) is 4.23. The molecule has 0 aromatic heterocycles. The van der Waals surface area contributed by atoms with E-state index in [9.17, 15) is 14.4 Å². The molecule has 0 N–H and O–H groups in total. The predicted octanol–water partition coefficient (Wildman–Crippen LogP) is 9.29. The molecule has 1 atom stereocenters. The Hall–Kier alpha value is -3.07. The molecule has 0 aliphatic carbocycles. The van der Waals surface area contributed by atoms with Crippen LogP contribution in [-0.4, -0.2) is 37.2 Å². The second-order valence-corrected chi connectivity index (χ2v) is 11.3. The van der Waals surface area contributed by atoms with Crippen molar-refractivity contribution in [2.75, 3.05) is 13.2 Å². The molecule has 43 heavy (non-hydrogen) atoms. The largest absolute Gasteiger partial charge is 0.461 e. The van der Waals surface area contributed by atoms with E-state index in [0.29, 0.717) is 18.4 Å². The summed E-state index contributed by atoms with van der Waals surface area (Å²) in [5.74, 6) is 4.85. The van der Waals surface area contributed by atoms with Crippen LogP contribution in [0.5, 0.6) is 0 Å². The lowest BCUT2D eigenvalue weighted by molar-refractivity contribution is -0.146. The lowest BCUT2D eigenvalue weighted by Gasteiger charge is -2.19. The molecule has 1 unspecified atom stereocenters. The summed E-state index contributed by atoms with van der Waals surface area (Å²) in [5.41, 5.74) is 2.49. The maximum Gasteiger partial charge on any atom is 0.306 e. The number of unbranched alkanes of at least 4 members (excludes halogenated alkanes) is 11. The van der Waals surface area contributed by atoms with Crippen LogP contribution in [0.2, 0.25) is 0 Å². The molecular formula is C37H58O6. The van der Waals surface area contributed by atoms with Crippen molar-refractivity contribution in [2.45, 2.75) is 144 Å². The van der Waals surface area contributed by atoms with Gasteiger partial charge in [-0.15, -0.1) is 0 Å². The second-order valence-electron chi connectivity index (χ2n) is 11.3. The Morgan fingerprint density at radius 3 is 1.91 bits per heavy atom. The van der Waals surface area contributed by atoms with Gasteiger partial charge in [0.05, 0.1) is 0 Å². The van der Waals surface area contributed by atoms with Crippen molar-refractivity contribution in [3.05, 3.63) is 47.1 Å². The first-order valence-corrected chi connectivity index (χ1v) is 16.3. The van der Waals surface area contributed by atoms with Gasteiger partial charge in [0.15, 0.2) is 0 Å². The molecule has 0 saturated heterocycles. The third-order valence-electron chi connectivity index (χ3n) is 6.66. The van der Waals surface area contributed by atoms with Gasteiger partial charge >= 0.3 is 17.9 Å². The number of hydrogen-bond donors (Lipinski definition) is 0. The van der Waals surface area contributed by atoms with Gasteiger partial charge in [-0.05, 0) is 70.6 Å². The second kappa shape index (κ2) is 27.7. The predicted molar refractivity (Wildman–Crippen MR) is 176 cm³/mol. The summed E-state index contributed by atoms with van der Waals surface area (Å²) in [6.45, 7) is 10.7. The molecule has 0 radical (unpaired) electrons. The van der Waals surface area contributed by atoms with E-state index in [0.717, 1.165) is 36.8 Å². The number of hydrogen-bond acceptors (Lipinski definition) is 6. The van der Waals surface area contributed by atoms with Gasteiger partial charge in [0.2, 0.25) is 0 Å². The van der Waals surface area contributed by atoms with Crippen molar-refractivity contribution in [1.82, 2.24) is 0 Å². The van der Waals surface area contributed by atoms with Crippen molar-refractivity contribution in [3.8, 4) is 11.8 Å². The van der Waals surface area contributed by atoms with Crippen LogP contribution < -0.4 is 0 Å². The first-order chi connectivity index (χ1) is 20.6.